The third-order valence-corrected chi connectivity index (χ3v) is 4.67. The lowest BCUT2D eigenvalue weighted by molar-refractivity contribution is -0.117. The molecule has 0 N–H and O–H groups in total. The lowest BCUT2D eigenvalue weighted by Gasteiger charge is -2.24. The molecule has 1 saturated heterocycles. The molecule has 4 heteroatoms. The normalized spacial score (nSPS) is 22.3. The largest absolute Gasteiger partial charge is 0.295 e. The number of anilines is 1. The van der Waals surface area contributed by atoms with Gasteiger partial charge < -0.3 is 0 Å². The number of nitrogens with zero attached hydrogens (tertiary/aromatic N) is 1. The molecule has 1 amide bonds. The van der Waals surface area contributed by atoms with Crippen LogP contribution >= 0.6 is 11.8 Å². The van der Waals surface area contributed by atoms with Gasteiger partial charge in [0.25, 0.3) is 0 Å². The smallest absolute Gasteiger partial charge is 0.241 e. The van der Waals surface area contributed by atoms with E-state index >= 15 is 0 Å². The van der Waals surface area contributed by atoms with Crippen LogP contribution in [-0.4, -0.2) is 11.2 Å². The van der Waals surface area contributed by atoms with Gasteiger partial charge in [0, 0.05) is 5.69 Å². The Morgan fingerprint density at radius 3 is 2.55 bits per heavy atom. The summed E-state index contributed by atoms with van der Waals surface area (Å²) in [6, 6.07) is 16.0. The molecule has 1 aliphatic rings. The van der Waals surface area contributed by atoms with Gasteiger partial charge in [0.2, 0.25) is 5.91 Å². The fraction of sp³-hybridized carbons (Fsp3) is 0.188. The fourth-order valence-electron chi connectivity index (χ4n) is 2.36. The van der Waals surface area contributed by atoms with Gasteiger partial charge in [-0.15, -0.1) is 11.8 Å². The number of amides is 1. The maximum Gasteiger partial charge on any atom is 0.241 e. The van der Waals surface area contributed by atoms with Crippen molar-refractivity contribution in [3.63, 3.8) is 0 Å². The fourth-order valence-corrected chi connectivity index (χ4v) is 3.64. The van der Waals surface area contributed by atoms with E-state index in [9.17, 15) is 9.18 Å². The Morgan fingerprint density at radius 1 is 1.10 bits per heavy atom. The number of carbonyl (C=O) groups is 1. The highest BCUT2D eigenvalue weighted by Crippen LogP contribution is 2.45. The van der Waals surface area contributed by atoms with E-state index in [-0.39, 0.29) is 22.3 Å². The minimum Gasteiger partial charge on any atom is -0.295 e. The molecule has 3 rings (SSSR count). The molecule has 0 aromatic heterocycles. The van der Waals surface area contributed by atoms with Gasteiger partial charge in [0.05, 0.1) is 5.25 Å². The zero-order valence-corrected chi connectivity index (χ0v) is 11.8. The van der Waals surface area contributed by atoms with Crippen LogP contribution in [0.15, 0.2) is 54.6 Å². The Morgan fingerprint density at radius 2 is 1.85 bits per heavy atom. The van der Waals surface area contributed by atoms with Crippen LogP contribution in [-0.2, 0) is 4.79 Å². The highest BCUT2D eigenvalue weighted by molar-refractivity contribution is 8.01. The molecule has 2 unspecified atom stereocenters. The van der Waals surface area contributed by atoms with Crippen LogP contribution in [0.3, 0.4) is 0 Å². The van der Waals surface area contributed by atoms with Crippen LogP contribution in [0.5, 0.6) is 0 Å². The second-order valence-corrected chi connectivity index (χ2v) is 6.16. The lowest BCUT2D eigenvalue weighted by Crippen LogP contribution is -2.30. The van der Waals surface area contributed by atoms with E-state index < -0.39 is 0 Å². The number of halogens is 1. The average Bonchev–Trinajstić information content (AvgIpc) is 2.76. The maximum atomic E-state index is 13.4. The molecule has 2 nitrogen and oxygen atoms in total. The van der Waals surface area contributed by atoms with Gasteiger partial charge in [-0.1, -0.05) is 36.4 Å². The van der Waals surface area contributed by atoms with Gasteiger partial charge in [-0.05, 0) is 30.7 Å². The SMILES string of the molecule is CC1SC(c2ccccc2)N(c2cccc(F)c2)C1=O. The zero-order valence-electron chi connectivity index (χ0n) is 11.0. The van der Waals surface area contributed by atoms with E-state index in [1.807, 2.05) is 37.3 Å². The summed E-state index contributed by atoms with van der Waals surface area (Å²) in [6.45, 7) is 1.89. The minimum absolute atomic E-state index is 0.0226. The van der Waals surface area contributed by atoms with E-state index in [0.29, 0.717) is 5.69 Å². The van der Waals surface area contributed by atoms with Crippen LogP contribution in [0.4, 0.5) is 10.1 Å². The lowest BCUT2D eigenvalue weighted by atomic mass is 10.2. The predicted octanol–water partition coefficient (Wildman–Crippen LogP) is 3.99. The molecule has 1 fully saturated rings. The molecule has 0 radical (unpaired) electrons. The maximum absolute atomic E-state index is 13.4. The van der Waals surface area contributed by atoms with Crippen molar-refractivity contribution < 1.29 is 9.18 Å². The quantitative estimate of drug-likeness (QED) is 0.832. The summed E-state index contributed by atoms with van der Waals surface area (Å²) in [5, 5.41) is -0.219. The summed E-state index contributed by atoms with van der Waals surface area (Å²) in [4.78, 5) is 14.1. The summed E-state index contributed by atoms with van der Waals surface area (Å²) in [5.74, 6) is -0.305. The van der Waals surface area contributed by atoms with Gasteiger partial charge in [-0.3, -0.25) is 9.69 Å². The van der Waals surface area contributed by atoms with Crippen LogP contribution in [0.25, 0.3) is 0 Å². The van der Waals surface area contributed by atoms with Gasteiger partial charge in [0.15, 0.2) is 0 Å². The van der Waals surface area contributed by atoms with Crippen molar-refractivity contribution >= 4 is 23.4 Å². The molecule has 2 atom stereocenters. The van der Waals surface area contributed by atoms with Crippen molar-refractivity contribution in [1.29, 1.82) is 0 Å². The minimum atomic E-state index is -0.327. The molecule has 0 aliphatic carbocycles. The first-order chi connectivity index (χ1) is 9.66. The number of carbonyl (C=O) groups excluding carboxylic acids is 1. The predicted molar refractivity (Wildman–Crippen MR) is 80.1 cm³/mol. The first kappa shape index (κ1) is 13.2. The molecule has 1 heterocycles. The van der Waals surface area contributed by atoms with E-state index in [1.54, 1.807) is 28.8 Å². The van der Waals surface area contributed by atoms with Crippen LogP contribution in [0, 0.1) is 5.82 Å². The molecular weight excluding hydrogens is 273 g/mol. The first-order valence-corrected chi connectivity index (χ1v) is 7.40. The van der Waals surface area contributed by atoms with E-state index in [4.69, 9.17) is 0 Å². The van der Waals surface area contributed by atoms with E-state index in [0.717, 1.165) is 5.56 Å². The monoisotopic (exact) mass is 287 g/mol. The second kappa shape index (κ2) is 5.29. The summed E-state index contributed by atoms with van der Waals surface area (Å²) >= 11 is 1.59. The number of thioether (sulfide) groups is 1. The van der Waals surface area contributed by atoms with Gasteiger partial charge in [-0.2, -0.15) is 0 Å². The Kier molecular flexibility index (Phi) is 3.49. The Labute approximate surface area is 121 Å². The number of hydrogen-bond donors (Lipinski definition) is 0. The number of benzene rings is 2. The number of rotatable bonds is 2. The van der Waals surface area contributed by atoms with Crippen molar-refractivity contribution in [2.45, 2.75) is 17.5 Å². The van der Waals surface area contributed by atoms with E-state index in [2.05, 4.69) is 0 Å². The van der Waals surface area contributed by atoms with Crippen LogP contribution in [0.2, 0.25) is 0 Å². The molecule has 0 spiro atoms. The Bertz CT molecular complexity index is 631. The molecule has 1 aliphatic heterocycles. The average molecular weight is 287 g/mol. The summed E-state index contributed by atoms with van der Waals surface area (Å²) in [6.07, 6.45) is 0. The van der Waals surface area contributed by atoms with Crippen molar-refractivity contribution in [1.82, 2.24) is 0 Å². The molecule has 2 aromatic rings. The summed E-state index contributed by atoms with van der Waals surface area (Å²) < 4.78 is 13.4. The first-order valence-electron chi connectivity index (χ1n) is 6.46. The van der Waals surface area contributed by atoms with Crippen LogP contribution in [0.1, 0.15) is 17.9 Å². The van der Waals surface area contributed by atoms with Crippen molar-refractivity contribution in [3.8, 4) is 0 Å². The molecule has 0 saturated carbocycles. The highest BCUT2D eigenvalue weighted by atomic mass is 32.2. The Balaban J connectivity index is 2.03. The van der Waals surface area contributed by atoms with Crippen molar-refractivity contribution in [2.75, 3.05) is 4.90 Å². The highest BCUT2D eigenvalue weighted by Gasteiger charge is 2.39. The van der Waals surface area contributed by atoms with Crippen LogP contribution < -0.4 is 4.90 Å². The standard InChI is InChI=1S/C16H14FNOS/c1-11-15(19)18(14-9-5-8-13(17)10-14)16(20-11)12-6-3-2-4-7-12/h2-11,16H,1H3. The molecule has 102 valence electrons. The van der Waals surface area contributed by atoms with Gasteiger partial charge >= 0.3 is 0 Å². The summed E-state index contributed by atoms with van der Waals surface area (Å²) in [5.41, 5.74) is 1.67. The van der Waals surface area contributed by atoms with Crippen molar-refractivity contribution in [2.24, 2.45) is 0 Å². The zero-order chi connectivity index (χ0) is 14.1. The van der Waals surface area contributed by atoms with E-state index in [1.165, 1.54) is 12.1 Å². The number of hydrogen-bond acceptors (Lipinski definition) is 2. The Hall–Kier alpha value is -1.81. The topological polar surface area (TPSA) is 20.3 Å². The third kappa shape index (κ3) is 2.31. The van der Waals surface area contributed by atoms with Gasteiger partial charge in [0.1, 0.15) is 11.2 Å². The van der Waals surface area contributed by atoms with Crippen molar-refractivity contribution in [3.05, 3.63) is 66.0 Å². The second-order valence-electron chi connectivity index (χ2n) is 4.73. The van der Waals surface area contributed by atoms with Gasteiger partial charge in [-0.25, -0.2) is 4.39 Å². The molecular formula is C16H14FNOS. The third-order valence-electron chi connectivity index (χ3n) is 3.32. The molecule has 2 aromatic carbocycles. The molecule has 20 heavy (non-hydrogen) atoms. The molecule has 0 bridgehead atoms. The summed E-state index contributed by atoms with van der Waals surface area (Å²) in [7, 11) is 0.